The van der Waals surface area contributed by atoms with Gasteiger partial charge in [-0.2, -0.15) is 0 Å². The van der Waals surface area contributed by atoms with Crippen LogP contribution in [0.5, 0.6) is 5.75 Å². The summed E-state index contributed by atoms with van der Waals surface area (Å²) >= 11 is 0. The zero-order valence-electron chi connectivity index (χ0n) is 10.1. The van der Waals surface area contributed by atoms with Crippen LogP contribution in [0.15, 0.2) is 18.2 Å². The summed E-state index contributed by atoms with van der Waals surface area (Å²) in [5.74, 6) is 0.758. The third-order valence-corrected chi connectivity index (χ3v) is 4.39. The molecule has 0 radical (unpaired) electrons. The molecule has 2 bridgehead atoms. The van der Waals surface area contributed by atoms with Crippen molar-refractivity contribution in [2.75, 3.05) is 6.54 Å². The van der Waals surface area contributed by atoms with Gasteiger partial charge in [-0.15, -0.1) is 0 Å². The zero-order valence-corrected chi connectivity index (χ0v) is 10.1. The summed E-state index contributed by atoms with van der Waals surface area (Å²) in [6.45, 7) is 3.16. The lowest BCUT2D eigenvalue weighted by Gasteiger charge is -2.33. The van der Waals surface area contributed by atoms with E-state index in [1.165, 1.54) is 37.5 Å². The second-order valence-corrected chi connectivity index (χ2v) is 5.41. The third-order valence-electron chi connectivity index (χ3n) is 4.39. The number of halogens is 1. The van der Waals surface area contributed by atoms with E-state index in [-0.39, 0.29) is 17.6 Å². The van der Waals surface area contributed by atoms with Crippen LogP contribution in [0.25, 0.3) is 0 Å². The summed E-state index contributed by atoms with van der Waals surface area (Å²) < 4.78 is 13.3. The molecule has 1 aromatic carbocycles. The number of piperidine rings is 1. The number of phenolic OH excluding ortho intramolecular Hbond substituents is 1. The summed E-state index contributed by atoms with van der Waals surface area (Å²) in [4.78, 5) is 2.42. The second kappa shape index (κ2) is 3.98. The molecular weight excluding hydrogens is 217 g/mol. The number of benzene rings is 1. The number of rotatable bonds is 2. The molecule has 0 aromatic heterocycles. The normalized spacial score (nSPS) is 29.8. The molecule has 1 aliphatic heterocycles. The molecule has 1 aromatic rings. The Balaban J connectivity index is 1.86. The summed E-state index contributed by atoms with van der Waals surface area (Å²) in [6, 6.07) is 4.97. The molecule has 3 heteroatoms. The Hall–Kier alpha value is -1.09. The van der Waals surface area contributed by atoms with Crippen LogP contribution in [0.2, 0.25) is 0 Å². The number of hydrogen-bond acceptors (Lipinski definition) is 2. The molecule has 0 spiro atoms. The van der Waals surface area contributed by atoms with Crippen molar-refractivity contribution in [2.45, 2.75) is 38.3 Å². The van der Waals surface area contributed by atoms with Crippen molar-refractivity contribution in [1.29, 1.82) is 0 Å². The van der Waals surface area contributed by atoms with Crippen molar-refractivity contribution in [3.05, 3.63) is 29.6 Å². The minimum Gasteiger partial charge on any atom is -0.508 e. The van der Waals surface area contributed by atoms with E-state index < -0.39 is 0 Å². The summed E-state index contributed by atoms with van der Waals surface area (Å²) in [5, 5.41) is 9.84. The number of aromatic hydroxyl groups is 1. The Morgan fingerprint density at radius 2 is 2.24 bits per heavy atom. The van der Waals surface area contributed by atoms with E-state index in [0.29, 0.717) is 6.04 Å². The zero-order chi connectivity index (χ0) is 12.0. The van der Waals surface area contributed by atoms with Crippen LogP contribution in [-0.4, -0.2) is 22.6 Å². The van der Waals surface area contributed by atoms with Crippen LogP contribution in [0.1, 0.15) is 37.8 Å². The standard InChI is InChI=1S/C14H18FNO/c1-9(13-7-11(15)3-5-14(13)17)16-8-10-2-4-12(16)6-10/h3,5,7,9-10,12,17H,2,4,6,8H2,1H3. The topological polar surface area (TPSA) is 23.5 Å². The molecule has 0 amide bonds. The van der Waals surface area contributed by atoms with Crippen LogP contribution in [-0.2, 0) is 0 Å². The predicted octanol–water partition coefficient (Wildman–Crippen LogP) is 3.08. The maximum Gasteiger partial charge on any atom is 0.123 e. The number of likely N-dealkylation sites (tertiary alicyclic amines) is 1. The van der Waals surface area contributed by atoms with Gasteiger partial charge in [0.05, 0.1) is 0 Å². The molecule has 92 valence electrons. The van der Waals surface area contributed by atoms with E-state index in [9.17, 15) is 9.50 Å². The van der Waals surface area contributed by atoms with E-state index in [0.717, 1.165) is 18.0 Å². The van der Waals surface area contributed by atoms with E-state index in [4.69, 9.17) is 0 Å². The highest BCUT2D eigenvalue weighted by Gasteiger charge is 2.40. The van der Waals surface area contributed by atoms with Crippen LogP contribution >= 0.6 is 0 Å². The third kappa shape index (κ3) is 1.82. The first-order valence-electron chi connectivity index (χ1n) is 6.39. The largest absolute Gasteiger partial charge is 0.508 e. The van der Waals surface area contributed by atoms with Gasteiger partial charge in [-0.3, -0.25) is 4.90 Å². The minimum atomic E-state index is -0.269. The molecule has 17 heavy (non-hydrogen) atoms. The SMILES string of the molecule is CC(c1cc(F)ccc1O)N1CC2CCC1C2. The van der Waals surface area contributed by atoms with E-state index in [2.05, 4.69) is 11.8 Å². The number of fused-ring (bicyclic) bond motifs is 2. The highest BCUT2D eigenvalue weighted by Crippen LogP contribution is 2.43. The molecule has 3 rings (SSSR count). The van der Waals surface area contributed by atoms with Gasteiger partial charge in [0.2, 0.25) is 0 Å². The highest BCUT2D eigenvalue weighted by molar-refractivity contribution is 5.35. The molecule has 2 aliphatic rings. The van der Waals surface area contributed by atoms with Gasteiger partial charge in [-0.1, -0.05) is 0 Å². The molecule has 1 aliphatic carbocycles. The first-order chi connectivity index (χ1) is 8.15. The fraction of sp³-hybridized carbons (Fsp3) is 0.571. The smallest absolute Gasteiger partial charge is 0.123 e. The van der Waals surface area contributed by atoms with Crippen LogP contribution in [0.3, 0.4) is 0 Å². The molecule has 1 heterocycles. The van der Waals surface area contributed by atoms with Gasteiger partial charge in [-0.25, -0.2) is 4.39 Å². The van der Waals surface area contributed by atoms with Crippen molar-refractivity contribution in [3.8, 4) is 5.75 Å². The molecule has 2 nitrogen and oxygen atoms in total. The maximum atomic E-state index is 13.3. The maximum absolute atomic E-state index is 13.3. The van der Waals surface area contributed by atoms with Gasteiger partial charge in [-0.05, 0) is 50.3 Å². The molecule has 1 saturated heterocycles. The van der Waals surface area contributed by atoms with Crippen LogP contribution < -0.4 is 0 Å². The Morgan fingerprint density at radius 3 is 2.88 bits per heavy atom. The Bertz CT molecular complexity index is 434. The van der Waals surface area contributed by atoms with Crippen molar-refractivity contribution in [1.82, 2.24) is 4.90 Å². The number of phenols is 1. The first kappa shape index (κ1) is 11.0. The fourth-order valence-electron chi connectivity index (χ4n) is 3.48. The van der Waals surface area contributed by atoms with Gasteiger partial charge < -0.3 is 5.11 Å². The van der Waals surface area contributed by atoms with Gasteiger partial charge in [0.1, 0.15) is 11.6 Å². The van der Waals surface area contributed by atoms with Gasteiger partial charge in [0.25, 0.3) is 0 Å². The summed E-state index contributed by atoms with van der Waals surface area (Å²) in [7, 11) is 0. The van der Waals surface area contributed by atoms with Crippen LogP contribution in [0, 0.1) is 11.7 Å². The average molecular weight is 235 g/mol. The summed E-state index contributed by atoms with van der Waals surface area (Å²) in [6.07, 6.45) is 3.87. The van der Waals surface area contributed by atoms with E-state index >= 15 is 0 Å². The number of hydrogen-bond donors (Lipinski definition) is 1. The van der Waals surface area contributed by atoms with E-state index in [1.54, 1.807) is 0 Å². The minimum absolute atomic E-state index is 0.112. The second-order valence-electron chi connectivity index (χ2n) is 5.41. The molecule has 2 fully saturated rings. The van der Waals surface area contributed by atoms with Gasteiger partial charge in [0.15, 0.2) is 0 Å². The van der Waals surface area contributed by atoms with Gasteiger partial charge >= 0.3 is 0 Å². The van der Waals surface area contributed by atoms with Crippen molar-refractivity contribution < 1.29 is 9.50 Å². The van der Waals surface area contributed by atoms with Crippen molar-refractivity contribution in [3.63, 3.8) is 0 Å². The molecule has 3 atom stereocenters. The van der Waals surface area contributed by atoms with Crippen molar-refractivity contribution >= 4 is 0 Å². The fourth-order valence-corrected chi connectivity index (χ4v) is 3.48. The Kier molecular flexibility index (Phi) is 2.58. The lowest BCUT2D eigenvalue weighted by atomic mass is 10.0. The average Bonchev–Trinajstić information content (AvgIpc) is 2.93. The predicted molar refractivity (Wildman–Crippen MR) is 64.3 cm³/mol. The van der Waals surface area contributed by atoms with Gasteiger partial charge in [0, 0.05) is 24.2 Å². The Morgan fingerprint density at radius 1 is 1.41 bits per heavy atom. The van der Waals surface area contributed by atoms with Crippen molar-refractivity contribution in [2.24, 2.45) is 5.92 Å². The molecule has 1 saturated carbocycles. The quantitative estimate of drug-likeness (QED) is 0.851. The molecule has 3 unspecified atom stereocenters. The molecular formula is C14H18FNO. The monoisotopic (exact) mass is 235 g/mol. The Labute approximate surface area is 101 Å². The van der Waals surface area contributed by atoms with E-state index in [1.807, 2.05) is 0 Å². The van der Waals surface area contributed by atoms with Crippen LogP contribution in [0.4, 0.5) is 4.39 Å². The highest BCUT2D eigenvalue weighted by atomic mass is 19.1. The molecule has 1 N–H and O–H groups in total. The number of nitrogens with zero attached hydrogens (tertiary/aromatic N) is 1. The first-order valence-corrected chi connectivity index (χ1v) is 6.39. The lowest BCUT2D eigenvalue weighted by molar-refractivity contribution is 0.157. The lowest BCUT2D eigenvalue weighted by Crippen LogP contribution is -2.34. The summed E-state index contributed by atoms with van der Waals surface area (Å²) in [5.41, 5.74) is 0.720.